The molecule has 2 aliphatic heterocycles. The van der Waals surface area contributed by atoms with E-state index in [0.29, 0.717) is 15.6 Å². The van der Waals surface area contributed by atoms with Gasteiger partial charge in [0, 0.05) is 48.1 Å². The van der Waals surface area contributed by atoms with E-state index in [0.717, 1.165) is 66.8 Å². The van der Waals surface area contributed by atoms with Crippen molar-refractivity contribution in [3.8, 4) is 11.5 Å². The summed E-state index contributed by atoms with van der Waals surface area (Å²) in [5, 5.41) is 1.50. The molecule has 0 bridgehead atoms. The molecular weight excluding hydrogens is 568 g/mol. The van der Waals surface area contributed by atoms with Crippen LogP contribution in [-0.2, 0) is 11.2 Å². The first-order valence-corrected chi connectivity index (χ1v) is 16.3. The van der Waals surface area contributed by atoms with Gasteiger partial charge in [-0.3, -0.25) is 0 Å². The maximum Gasteiger partial charge on any atom is 0.351 e. The number of rotatable bonds is 8. The molecule has 1 atom stereocenters. The SMILES string of the molecule is COC(=O)c1sc(N2C=CCCc3ccc(OC4CCN(C5CCCC5)CC4)cc32)cc1O[C@H](C)c1ccccc1Cl. The fourth-order valence-corrected chi connectivity index (χ4v) is 7.72. The van der Waals surface area contributed by atoms with Gasteiger partial charge in [-0.05, 0) is 63.1 Å². The third kappa shape index (κ3) is 6.34. The van der Waals surface area contributed by atoms with Crippen molar-refractivity contribution in [1.82, 2.24) is 4.90 Å². The topological polar surface area (TPSA) is 51.2 Å². The highest BCUT2D eigenvalue weighted by molar-refractivity contribution is 7.18. The van der Waals surface area contributed by atoms with Gasteiger partial charge < -0.3 is 24.0 Å². The lowest BCUT2D eigenvalue weighted by atomic mass is 10.0. The molecule has 1 saturated heterocycles. The first-order valence-electron chi connectivity index (χ1n) is 15.1. The van der Waals surface area contributed by atoms with Crippen LogP contribution in [0.25, 0.3) is 0 Å². The number of hydrogen-bond acceptors (Lipinski definition) is 7. The number of ether oxygens (including phenoxy) is 3. The standard InChI is InChI=1S/C34H39ClN2O4S/c1-23(28-12-5-6-13-29(28)35)40-31-22-32(42-33(31)34(38)39-2)37-18-8-7-9-24-14-15-27(21-30(24)37)41-26-16-19-36(20-17-26)25-10-3-4-11-25/h5-6,8,12-15,18,21-23,25-26H,3-4,7,9-11,16-17,19-20H2,1-2H3/t23-/m1/s1. The Bertz CT molecular complexity index is 1420. The van der Waals surface area contributed by atoms with Crippen LogP contribution in [0.5, 0.6) is 11.5 Å². The molecule has 6 nitrogen and oxygen atoms in total. The number of likely N-dealkylation sites (tertiary alicyclic amines) is 1. The van der Waals surface area contributed by atoms with Crippen LogP contribution in [0.15, 0.2) is 60.8 Å². The van der Waals surface area contributed by atoms with Crippen molar-refractivity contribution in [3.63, 3.8) is 0 Å². The van der Waals surface area contributed by atoms with Gasteiger partial charge in [0.05, 0.1) is 12.8 Å². The zero-order chi connectivity index (χ0) is 29.1. The number of methoxy groups -OCH3 is 1. The number of halogens is 1. The maximum absolute atomic E-state index is 12.8. The maximum atomic E-state index is 12.8. The zero-order valence-corrected chi connectivity index (χ0v) is 26.0. The fourth-order valence-electron chi connectivity index (χ4n) is 6.43. The van der Waals surface area contributed by atoms with Gasteiger partial charge in [-0.25, -0.2) is 4.79 Å². The summed E-state index contributed by atoms with van der Waals surface area (Å²) in [6, 6.07) is 16.8. The molecule has 3 aromatic rings. The molecule has 1 aromatic heterocycles. The lowest BCUT2D eigenvalue weighted by Gasteiger charge is -2.36. The summed E-state index contributed by atoms with van der Waals surface area (Å²) >= 11 is 7.80. The number of carbonyl (C=O) groups excluding carboxylic acids is 1. The van der Waals surface area contributed by atoms with Crippen LogP contribution in [0.3, 0.4) is 0 Å². The monoisotopic (exact) mass is 606 g/mol. The van der Waals surface area contributed by atoms with Crippen LogP contribution in [0.4, 0.5) is 10.7 Å². The third-order valence-corrected chi connectivity index (χ3v) is 10.2. The number of esters is 1. The second-order valence-electron chi connectivity index (χ2n) is 11.4. The van der Waals surface area contributed by atoms with Gasteiger partial charge in [0.15, 0.2) is 4.88 Å². The molecule has 0 amide bonds. The van der Waals surface area contributed by atoms with E-state index in [1.54, 1.807) is 0 Å². The van der Waals surface area contributed by atoms with Gasteiger partial charge in [0.2, 0.25) is 0 Å². The van der Waals surface area contributed by atoms with Crippen LogP contribution in [-0.4, -0.2) is 43.2 Å². The van der Waals surface area contributed by atoms with E-state index < -0.39 is 5.97 Å². The summed E-state index contributed by atoms with van der Waals surface area (Å²) in [4.78, 5) is 18.1. The molecule has 0 N–H and O–H groups in total. The molecule has 6 rings (SSSR count). The molecule has 1 aliphatic carbocycles. The molecule has 0 radical (unpaired) electrons. The molecule has 3 aliphatic rings. The number of aryl methyl sites for hydroxylation is 1. The third-order valence-electron chi connectivity index (χ3n) is 8.71. The van der Waals surface area contributed by atoms with Crippen LogP contribution in [0, 0.1) is 0 Å². The van der Waals surface area contributed by atoms with Crippen molar-refractivity contribution >= 4 is 39.6 Å². The van der Waals surface area contributed by atoms with Crippen molar-refractivity contribution in [2.24, 2.45) is 0 Å². The quantitative estimate of drug-likeness (QED) is 0.239. The minimum Gasteiger partial charge on any atom is -0.490 e. The lowest BCUT2D eigenvalue weighted by Crippen LogP contribution is -2.43. The Hall–Kier alpha value is -3.00. The van der Waals surface area contributed by atoms with Crippen LogP contribution >= 0.6 is 22.9 Å². The second-order valence-corrected chi connectivity index (χ2v) is 12.9. The predicted octanol–water partition coefficient (Wildman–Crippen LogP) is 8.71. The van der Waals surface area contributed by atoms with Gasteiger partial charge in [-0.2, -0.15) is 0 Å². The highest BCUT2D eigenvalue weighted by Crippen LogP contribution is 2.44. The molecule has 2 aromatic carbocycles. The van der Waals surface area contributed by atoms with E-state index in [1.165, 1.54) is 49.7 Å². The summed E-state index contributed by atoms with van der Waals surface area (Å²) in [5.41, 5.74) is 3.16. The van der Waals surface area contributed by atoms with Crippen molar-refractivity contribution in [1.29, 1.82) is 0 Å². The Morgan fingerprint density at radius 3 is 2.60 bits per heavy atom. The number of nitrogens with zero attached hydrogens (tertiary/aromatic N) is 2. The molecule has 42 heavy (non-hydrogen) atoms. The Morgan fingerprint density at radius 1 is 1.05 bits per heavy atom. The summed E-state index contributed by atoms with van der Waals surface area (Å²) in [6.07, 6.45) is 13.6. The molecule has 0 unspecified atom stereocenters. The highest BCUT2D eigenvalue weighted by atomic mass is 35.5. The zero-order valence-electron chi connectivity index (χ0n) is 24.4. The van der Waals surface area contributed by atoms with Gasteiger partial charge in [-0.1, -0.05) is 54.8 Å². The van der Waals surface area contributed by atoms with E-state index >= 15 is 0 Å². The summed E-state index contributed by atoms with van der Waals surface area (Å²) < 4.78 is 18.0. The molecule has 3 heterocycles. The highest BCUT2D eigenvalue weighted by Gasteiger charge is 2.29. The van der Waals surface area contributed by atoms with Crippen molar-refractivity contribution in [3.05, 3.63) is 81.8 Å². The van der Waals surface area contributed by atoms with Gasteiger partial charge in [-0.15, -0.1) is 11.3 Å². The van der Waals surface area contributed by atoms with E-state index in [9.17, 15) is 4.79 Å². The first-order chi connectivity index (χ1) is 20.5. The Kier molecular flexibility index (Phi) is 9.08. The molecular formula is C34H39ClN2O4S. The normalized spacial score (nSPS) is 18.9. The number of fused-ring (bicyclic) bond motifs is 1. The van der Waals surface area contributed by atoms with Crippen LogP contribution < -0.4 is 14.4 Å². The van der Waals surface area contributed by atoms with Crippen molar-refractivity contribution < 1.29 is 19.0 Å². The fraction of sp³-hybridized carbons (Fsp3) is 0.441. The summed E-state index contributed by atoms with van der Waals surface area (Å²) in [6.45, 7) is 4.18. The average Bonchev–Trinajstić information content (AvgIpc) is 3.64. The number of carbonyl (C=O) groups is 1. The van der Waals surface area contributed by atoms with E-state index in [4.69, 9.17) is 25.8 Å². The number of hydrogen-bond donors (Lipinski definition) is 0. The largest absolute Gasteiger partial charge is 0.490 e. The average molecular weight is 607 g/mol. The van der Waals surface area contributed by atoms with Gasteiger partial charge >= 0.3 is 5.97 Å². The summed E-state index contributed by atoms with van der Waals surface area (Å²) in [7, 11) is 1.39. The smallest absolute Gasteiger partial charge is 0.351 e. The molecule has 8 heteroatoms. The minimum atomic E-state index is -0.423. The number of piperidine rings is 1. The first kappa shape index (κ1) is 29.1. The Balaban J connectivity index is 1.23. The molecule has 1 saturated carbocycles. The second kappa shape index (κ2) is 13.1. The minimum absolute atomic E-state index is 0.231. The Morgan fingerprint density at radius 2 is 1.83 bits per heavy atom. The lowest BCUT2D eigenvalue weighted by molar-refractivity contribution is 0.0600. The van der Waals surface area contributed by atoms with E-state index in [2.05, 4.69) is 40.3 Å². The summed E-state index contributed by atoms with van der Waals surface area (Å²) in [5.74, 6) is 0.949. The molecule has 0 spiro atoms. The number of thiophene rings is 1. The van der Waals surface area contributed by atoms with E-state index in [-0.39, 0.29) is 12.2 Å². The molecule has 2 fully saturated rings. The number of allylic oxidation sites excluding steroid dienone is 1. The Labute approximate surface area is 257 Å². The van der Waals surface area contributed by atoms with Gasteiger partial charge in [0.25, 0.3) is 0 Å². The van der Waals surface area contributed by atoms with Crippen molar-refractivity contribution in [2.75, 3.05) is 25.1 Å². The predicted molar refractivity (Wildman–Crippen MR) is 170 cm³/mol. The number of benzene rings is 2. The number of anilines is 2. The molecule has 222 valence electrons. The van der Waals surface area contributed by atoms with Crippen LogP contribution in [0.2, 0.25) is 5.02 Å². The van der Waals surface area contributed by atoms with Crippen molar-refractivity contribution in [2.45, 2.75) is 76.5 Å². The van der Waals surface area contributed by atoms with Crippen LogP contribution in [0.1, 0.15) is 78.8 Å². The van der Waals surface area contributed by atoms with E-state index in [1.807, 2.05) is 37.3 Å². The van der Waals surface area contributed by atoms with Gasteiger partial charge in [0.1, 0.15) is 28.7 Å².